The van der Waals surface area contributed by atoms with Crippen molar-refractivity contribution in [2.75, 3.05) is 20.7 Å². The normalized spacial score (nSPS) is 14.8. The molecule has 0 radical (unpaired) electrons. The van der Waals surface area contributed by atoms with E-state index < -0.39 is 0 Å². The van der Waals surface area contributed by atoms with Gasteiger partial charge in [-0.15, -0.1) is 0 Å². The van der Waals surface area contributed by atoms with Crippen LogP contribution in [0, 0.1) is 5.92 Å². The highest BCUT2D eigenvalue weighted by Gasteiger charge is 2.36. The van der Waals surface area contributed by atoms with Gasteiger partial charge in [0, 0.05) is 18.9 Å². The van der Waals surface area contributed by atoms with E-state index in [1.54, 1.807) is 44.6 Å². The lowest BCUT2D eigenvalue weighted by molar-refractivity contribution is 0.0639. The summed E-state index contributed by atoms with van der Waals surface area (Å²) in [6, 6.07) is 14.3. The molecule has 168 valence electrons. The quantitative estimate of drug-likeness (QED) is 0.302. The number of hydrogen-bond donors (Lipinski definition) is 3. The zero-order valence-corrected chi connectivity index (χ0v) is 18.9. The summed E-state index contributed by atoms with van der Waals surface area (Å²) in [6.07, 6.45) is 5.66. The van der Waals surface area contributed by atoms with Gasteiger partial charge in [0.05, 0.1) is 30.8 Å². The third-order valence-electron chi connectivity index (χ3n) is 5.30. The lowest BCUT2D eigenvalue weighted by Gasteiger charge is -2.28. The average Bonchev–Trinajstić information content (AvgIpc) is 3.05. The van der Waals surface area contributed by atoms with Gasteiger partial charge in [0.2, 0.25) is 0 Å². The Morgan fingerprint density at radius 2 is 1.75 bits per heavy atom. The van der Waals surface area contributed by atoms with Crippen LogP contribution in [0.15, 0.2) is 72.6 Å². The number of fused-ring (bicyclic) bond motifs is 1. The molecule has 3 N–H and O–H groups in total. The van der Waals surface area contributed by atoms with Crippen molar-refractivity contribution in [3.63, 3.8) is 0 Å². The Bertz CT molecular complexity index is 994. The molecule has 32 heavy (non-hydrogen) atoms. The first-order valence-corrected chi connectivity index (χ1v) is 10.6. The van der Waals surface area contributed by atoms with E-state index in [-0.39, 0.29) is 30.3 Å². The van der Waals surface area contributed by atoms with E-state index >= 15 is 0 Å². The minimum atomic E-state index is -0.313. The molecule has 0 spiro atoms. The zero-order valence-electron chi connectivity index (χ0n) is 18.9. The SMILES string of the molecule is CNN/C=C/C=C(/NC(CN1C(=O)c2ccccc2C1=O)c1cccc(OC)c1)C(C)C. The van der Waals surface area contributed by atoms with Crippen LogP contribution in [0.1, 0.15) is 46.2 Å². The number of rotatable bonds is 10. The lowest BCUT2D eigenvalue weighted by atomic mass is 10.0. The molecule has 3 rings (SSSR count). The zero-order chi connectivity index (χ0) is 23.1. The minimum absolute atomic E-state index is 0.196. The molecule has 0 saturated carbocycles. The first-order valence-electron chi connectivity index (χ1n) is 10.6. The molecule has 1 aliphatic heterocycles. The number of allylic oxidation sites excluding steroid dienone is 3. The largest absolute Gasteiger partial charge is 0.497 e. The highest BCUT2D eigenvalue weighted by Crippen LogP contribution is 2.28. The van der Waals surface area contributed by atoms with E-state index in [0.29, 0.717) is 16.9 Å². The maximum Gasteiger partial charge on any atom is 0.261 e. The fourth-order valence-corrected chi connectivity index (χ4v) is 3.57. The van der Waals surface area contributed by atoms with Crippen molar-refractivity contribution in [1.82, 2.24) is 21.1 Å². The fraction of sp³-hybridized carbons (Fsp3) is 0.280. The molecule has 1 heterocycles. The van der Waals surface area contributed by atoms with Crippen LogP contribution in [0.4, 0.5) is 0 Å². The Labute approximate surface area is 189 Å². The monoisotopic (exact) mass is 434 g/mol. The number of nitrogens with one attached hydrogen (secondary N) is 3. The average molecular weight is 435 g/mol. The van der Waals surface area contributed by atoms with Crippen molar-refractivity contribution in [2.45, 2.75) is 19.9 Å². The van der Waals surface area contributed by atoms with Crippen molar-refractivity contribution in [1.29, 1.82) is 0 Å². The van der Waals surface area contributed by atoms with Crippen molar-refractivity contribution in [2.24, 2.45) is 5.92 Å². The van der Waals surface area contributed by atoms with Crippen molar-refractivity contribution >= 4 is 11.8 Å². The number of benzene rings is 2. The van der Waals surface area contributed by atoms with Gasteiger partial charge in [0.25, 0.3) is 11.8 Å². The molecular formula is C25H30N4O3. The van der Waals surface area contributed by atoms with Crippen molar-refractivity contribution in [3.8, 4) is 5.75 Å². The molecule has 2 aromatic rings. The summed E-state index contributed by atoms with van der Waals surface area (Å²) < 4.78 is 5.40. The summed E-state index contributed by atoms with van der Waals surface area (Å²) in [6.45, 7) is 4.37. The molecule has 2 aromatic carbocycles. The number of nitrogens with zero attached hydrogens (tertiary/aromatic N) is 1. The Morgan fingerprint density at radius 3 is 2.34 bits per heavy atom. The molecule has 7 heteroatoms. The minimum Gasteiger partial charge on any atom is -0.497 e. The van der Waals surface area contributed by atoms with Crippen LogP contribution in [0.5, 0.6) is 5.75 Å². The van der Waals surface area contributed by atoms with Gasteiger partial charge in [0.15, 0.2) is 0 Å². The molecule has 0 aliphatic carbocycles. The summed E-state index contributed by atoms with van der Waals surface area (Å²) >= 11 is 0. The number of methoxy groups -OCH3 is 1. The standard InChI is InChI=1S/C25H30N4O3/c1-17(2)22(13-8-14-27-26-3)28-23(18-9-7-10-19(15-18)32-4)16-29-24(30)20-11-5-6-12-21(20)25(29)31/h5-15,17,23,26-28H,16H2,1-4H3/b14-8+,22-13+. The topological polar surface area (TPSA) is 82.7 Å². The molecular weight excluding hydrogens is 404 g/mol. The van der Waals surface area contributed by atoms with Gasteiger partial charge in [0.1, 0.15) is 5.75 Å². The van der Waals surface area contributed by atoms with Crippen molar-refractivity contribution in [3.05, 3.63) is 89.3 Å². The summed E-state index contributed by atoms with van der Waals surface area (Å²) in [7, 11) is 3.40. The number of ether oxygens (including phenoxy) is 1. The Hall–Kier alpha value is -3.58. The van der Waals surface area contributed by atoms with Crippen molar-refractivity contribution < 1.29 is 14.3 Å². The molecule has 1 unspecified atom stereocenters. The van der Waals surface area contributed by atoms with Crippen LogP contribution in [-0.2, 0) is 0 Å². The van der Waals surface area contributed by atoms with Gasteiger partial charge in [-0.2, -0.15) is 0 Å². The molecule has 0 aromatic heterocycles. The number of amides is 2. The molecule has 1 aliphatic rings. The number of hydrogen-bond acceptors (Lipinski definition) is 6. The summed E-state index contributed by atoms with van der Waals surface area (Å²) in [5.41, 5.74) is 8.53. The van der Waals surface area contributed by atoms with Gasteiger partial charge in [-0.3, -0.25) is 14.5 Å². The molecule has 7 nitrogen and oxygen atoms in total. The van der Waals surface area contributed by atoms with Crippen LogP contribution in [0.3, 0.4) is 0 Å². The smallest absolute Gasteiger partial charge is 0.261 e. The molecule has 2 amide bonds. The van der Waals surface area contributed by atoms with E-state index in [4.69, 9.17) is 4.74 Å². The van der Waals surface area contributed by atoms with E-state index in [9.17, 15) is 9.59 Å². The predicted molar refractivity (Wildman–Crippen MR) is 125 cm³/mol. The van der Waals surface area contributed by atoms with Crippen LogP contribution in [0.25, 0.3) is 0 Å². The number of imide groups is 1. The first kappa shape index (κ1) is 23.1. The van der Waals surface area contributed by atoms with Crippen LogP contribution < -0.4 is 20.9 Å². The molecule has 0 saturated heterocycles. The third kappa shape index (κ3) is 5.18. The Kier molecular flexibility index (Phi) is 7.68. The van der Waals surface area contributed by atoms with Gasteiger partial charge in [-0.25, -0.2) is 5.43 Å². The molecule has 0 fully saturated rings. The Balaban J connectivity index is 1.92. The van der Waals surface area contributed by atoms with E-state index in [1.165, 1.54) is 4.90 Å². The fourth-order valence-electron chi connectivity index (χ4n) is 3.57. The van der Waals surface area contributed by atoms with Gasteiger partial charge in [-0.1, -0.05) is 38.1 Å². The second kappa shape index (κ2) is 10.6. The lowest BCUT2D eigenvalue weighted by Crippen LogP contribution is -2.39. The first-order chi connectivity index (χ1) is 15.5. The van der Waals surface area contributed by atoms with E-state index in [0.717, 1.165) is 11.3 Å². The van der Waals surface area contributed by atoms with Crippen LogP contribution >= 0.6 is 0 Å². The number of carbonyl (C=O) groups excluding carboxylic acids is 2. The number of hydrazine groups is 1. The highest BCUT2D eigenvalue weighted by atomic mass is 16.5. The predicted octanol–water partition coefficient (Wildman–Crippen LogP) is 3.40. The third-order valence-corrected chi connectivity index (χ3v) is 5.30. The Morgan fingerprint density at radius 1 is 1.06 bits per heavy atom. The maximum atomic E-state index is 13.0. The molecule has 1 atom stereocenters. The van der Waals surface area contributed by atoms with Crippen LogP contribution in [-0.4, -0.2) is 37.4 Å². The number of carbonyl (C=O) groups is 2. The van der Waals surface area contributed by atoms with Gasteiger partial charge >= 0.3 is 0 Å². The summed E-state index contributed by atoms with van der Waals surface area (Å²) in [5.74, 6) is 0.372. The van der Waals surface area contributed by atoms with Crippen LogP contribution in [0.2, 0.25) is 0 Å². The second-order valence-electron chi connectivity index (χ2n) is 7.77. The maximum absolute atomic E-state index is 13.0. The summed E-state index contributed by atoms with van der Waals surface area (Å²) in [5, 5.41) is 3.55. The van der Waals surface area contributed by atoms with E-state index in [2.05, 4.69) is 30.0 Å². The highest BCUT2D eigenvalue weighted by molar-refractivity contribution is 6.21. The summed E-state index contributed by atoms with van der Waals surface area (Å²) in [4.78, 5) is 27.3. The second-order valence-corrected chi connectivity index (χ2v) is 7.77. The van der Waals surface area contributed by atoms with E-state index in [1.807, 2.05) is 36.4 Å². The van der Waals surface area contributed by atoms with Gasteiger partial charge in [-0.05, 0) is 47.9 Å². The molecule has 0 bridgehead atoms. The van der Waals surface area contributed by atoms with Gasteiger partial charge < -0.3 is 15.5 Å².